The van der Waals surface area contributed by atoms with E-state index in [0.717, 1.165) is 28.2 Å². The van der Waals surface area contributed by atoms with Crippen molar-refractivity contribution in [3.8, 4) is 17.2 Å². The molecule has 0 bridgehead atoms. The molecule has 0 radical (unpaired) electrons. The van der Waals surface area contributed by atoms with E-state index >= 15 is 0 Å². The van der Waals surface area contributed by atoms with E-state index in [-0.39, 0.29) is 5.75 Å². The number of benzene rings is 2. The van der Waals surface area contributed by atoms with E-state index in [0.29, 0.717) is 13.2 Å². The molecule has 3 heteroatoms. The van der Waals surface area contributed by atoms with Gasteiger partial charge >= 0.3 is 0 Å². The fraction of sp³-hybridized carbons (Fsp3) is 0.176. The van der Waals surface area contributed by atoms with Gasteiger partial charge in [-0.15, -0.1) is 0 Å². The topological polar surface area (TPSA) is 38.7 Å². The second kappa shape index (κ2) is 4.04. The zero-order chi connectivity index (χ0) is 13.7. The van der Waals surface area contributed by atoms with Crippen LogP contribution in [0.4, 0.5) is 0 Å². The third-order valence-electron chi connectivity index (χ3n) is 3.86. The molecule has 2 aliphatic heterocycles. The van der Waals surface area contributed by atoms with Crippen molar-refractivity contribution >= 4 is 11.1 Å². The van der Waals surface area contributed by atoms with E-state index in [1.54, 1.807) is 12.1 Å². The Balaban J connectivity index is 1.91. The highest BCUT2D eigenvalue weighted by atomic mass is 16.5. The molecule has 2 aromatic rings. The summed E-state index contributed by atoms with van der Waals surface area (Å²) >= 11 is 0. The van der Waals surface area contributed by atoms with Crippen LogP contribution in [0, 0.1) is 6.92 Å². The Morgan fingerprint density at radius 1 is 0.850 bits per heavy atom. The molecule has 1 N–H and O–H groups in total. The molecule has 2 aromatic carbocycles. The van der Waals surface area contributed by atoms with Crippen LogP contribution in [0.2, 0.25) is 0 Å². The van der Waals surface area contributed by atoms with Crippen molar-refractivity contribution in [3.05, 3.63) is 53.1 Å². The first-order valence-electron chi connectivity index (χ1n) is 6.64. The number of phenols is 1. The van der Waals surface area contributed by atoms with Crippen LogP contribution in [-0.4, -0.2) is 18.3 Å². The summed E-state index contributed by atoms with van der Waals surface area (Å²) in [6.07, 6.45) is 0. The van der Waals surface area contributed by atoms with Crippen LogP contribution in [0.5, 0.6) is 17.2 Å². The Labute approximate surface area is 117 Å². The number of aromatic hydroxyl groups is 1. The molecule has 0 unspecified atom stereocenters. The van der Waals surface area contributed by atoms with Crippen LogP contribution >= 0.6 is 0 Å². The molecule has 3 nitrogen and oxygen atoms in total. The van der Waals surface area contributed by atoms with Gasteiger partial charge in [-0.3, -0.25) is 0 Å². The molecule has 2 aliphatic rings. The van der Waals surface area contributed by atoms with Crippen molar-refractivity contribution in [2.75, 3.05) is 13.2 Å². The molecule has 0 aromatic heterocycles. The minimum absolute atomic E-state index is 0.223. The zero-order valence-electron chi connectivity index (χ0n) is 11.1. The van der Waals surface area contributed by atoms with Crippen molar-refractivity contribution in [3.63, 3.8) is 0 Å². The van der Waals surface area contributed by atoms with Crippen molar-refractivity contribution in [2.24, 2.45) is 0 Å². The van der Waals surface area contributed by atoms with Gasteiger partial charge in [0.2, 0.25) is 0 Å². The van der Waals surface area contributed by atoms with E-state index in [4.69, 9.17) is 9.47 Å². The summed E-state index contributed by atoms with van der Waals surface area (Å²) in [6, 6.07) is 11.5. The summed E-state index contributed by atoms with van der Waals surface area (Å²) in [5.74, 6) is 1.87. The largest absolute Gasteiger partial charge is 0.508 e. The lowest BCUT2D eigenvalue weighted by atomic mass is 9.90. The summed E-state index contributed by atoms with van der Waals surface area (Å²) in [4.78, 5) is 0. The number of hydrogen-bond acceptors (Lipinski definition) is 3. The zero-order valence-corrected chi connectivity index (χ0v) is 11.1. The van der Waals surface area contributed by atoms with Gasteiger partial charge in [0.1, 0.15) is 30.5 Å². The van der Waals surface area contributed by atoms with Crippen LogP contribution in [-0.2, 0) is 0 Å². The highest BCUT2D eigenvalue weighted by Crippen LogP contribution is 2.43. The maximum absolute atomic E-state index is 9.55. The molecule has 0 aliphatic carbocycles. The maximum atomic E-state index is 9.55. The molecule has 0 atom stereocenters. The van der Waals surface area contributed by atoms with Gasteiger partial charge in [0.05, 0.1) is 0 Å². The predicted molar refractivity (Wildman–Crippen MR) is 77.1 cm³/mol. The standard InChI is InChI=1S/C17H14O3/c1-10-2-4-12-14-9-20-17-7-11(18)3-5-13(17)15(14)8-19-16(12)6-10/h2-7,18H,8-9H2,1H3. The molecule has 0 spiro atoms. The second-order valence-corrected chi connectivity index (χ2v) is 5.21. The van der Waals surface area contributed by atoms with Crippen LogP contribution in [0.3, 0.4) is 0 Å². The average Bonchev–Trinajstić information content (AvgIpc) is 2.45. The van der Waals surface area contributed by atoms with Gasteiger partial charge in [-0.1, -0.05) is 12.1 Å². The van der Waals surface area contributed by atoms with E-state index in [1.165, 1.54) is 11.1 Å². The number of aryl methyl sites for hydroxylation is 1. The summed E-state index contributed by atoms with van der Waals surface area (Å²) < 4.78 is 11.7. The highest BCUT2D eigenvalue weighted by Gasteiger charge is 2.27. The van der Waals surface area contributed by atoms with E-state index in [2.05, 4.69) is 25.1 Å². The summed E-state index contributed by atoms with van der Waals surface area (Å²) in [5, 5.41) is 9.55. The smallest absolute Gasteiger partial charge is 0.131 e. The molecular weight excluding hydrogens is 252 g/mol. The normalized spacial score (nSPS) is 15.7. The monoisotopic (exact) mass is 266 g/mol. The van der Waals surface area contributed by atoms with Gasteiger partial charge in [-0.05, 0) is 30.7 Å². The number of hydrogen-bond donors (Lipinski definition) is 1. The first-order valence-corrected chi connectivity index (χ1v) is 6.64. The average molecular weight is 266 g/mol. The molecule has 20 heavy (non-hydrogen) atoms. The van der Waals surface area contributed by atoms with Crippen molar-refractivity contribution in [2.45, 2.75) is 6.92 Å². The fourth-order valence-corrected chi connectivity index (χ4v) is 2.83. The van der Waals surface area contributed by atoms with Crippen LogP contribution in [0.1, 0.15) is 16.7 Å². The Bertz CT molecular complexity index is 680. The second-order valence-electron chi connectivity index (χ2n) is 5.21. The SMILES string of the molecule is Cc1ccc2c(c1)OCC1=C2COc2cc(O)ccc21. The summed E-state index contributed by atoms with van der Waals surface area (Å²) in [7, 11) is 0. The van der Waals surface area contributed by atoms with Crippen molar-refractivity contribution < 1.29 is 14.6 Å². The van der Waals surface area contributed by atoms with E-state index < -0.39 is 0 Å². The molecule has 4 rings (SSSR count). The number of ether oxygens (including phenoxy) is 2. The maximum Gasteiger partial charge on any atom is 0.131 e. The van der Waals surface area contributed by atoms with Gasteiger partial charge in [0.15, 0.2) is 0 Å². The fourth-order valence-electron chi connectivity index (χ4n) is 2.83. The first kappa shape index (κ1) is 11.4. The van der Waals surface area contributed by atoms with Crippen molar-refractivity contribution in [1.29, 1.82) is 0 Å². The molecule has 100 valence electrons. The van der Waals surface area contributed by atoms with Gasteiger partial charge in [0, 0.05) is 28.3 Å². The lowest BCUT2D eigenvalue weighted by Crippen LogP contribution is -2.19. The van der Waals surface area contributed by atoms with Gasteiger partial charge in [-0.25, -0.2) is 0 Å². The van der Waals surface area contributed by atoms with Crippen molar-refractivity contribution in [1.82, 2.24) is 0 Å². The lowest BCUT2D eigenvalue weighted by Gasteiger charge is -2.29. The summed E-state index contributed by atoms with van der Waals surface area (Å²) in [6.45, 7) is 3.13. The third-order valence-corrected chi connectivity index (χ3v) is 3.86. The van der Waals surface area contributed by atoms with E-state index in [9.17, 15) is 5.11 Å². The molecule has 0 saturated carbocycles. The molecule has 0 fully saturated rings. The number of phenolic OH excluding ortho intramolecular Hbond substituents is 1. The lowest BCUT2D eigenvalue weighted by molar-refractivity contribution is 0.335. The number of fused-ring (bicyclic) bond motifs is 4. The molecule has 0 saturated heterocycles. The molecule has 0 amide bonds. The Hall–Kier alpha value is -2.42. The predicted octanol–water partition coefficient (Wildman–Crippen LogP) is 3.40. The minimum Gasteiger partial charge on any atom is -0.508 e. The van der Waals surface area contributed by atoms with Gasteiger partial charge in [-0.2, -0.15) is 0 Å². The quantitative estimate of drug-likeness (QED) is 0.794. The van der Waals surface area contributed by atoms with Gasteiger partial charge in [0.25, 0.3) is 0 Å². The van der Waals surface area contributed by atoms with E-state index in [1.807, 2.05) is 6.07 Å². The highest BCUT2D eigenvalue weighted by molar-refractivity contribution is 5.97. The Kier molecular flexibility index (Phi) is 2.30. The van der Waals surface area contributed by atoms with Crippen LogP contribution in [0.15, 0.2) is 36.4 Å². The summed E-state index contributed by atoms with van der Waals surface area (Å²) in [5.41, 5.74) is 5.65. The Morgan fingerprint density at radius 2 is 1.45 bits per heavy atom. The van der Waals surface area contributed by atoms with Crippen LogP contribution < -0.4 is 9.47 Å². The minimum atomic E-state index is 0.223. The Morgan fingerprint density at radius 3 is 2.15 bits per heavy atom. The van der Waals surface area contributed by atoms with Crippen LogP contribution in [0.25, 0.3) is 11.1 Å². The molecular formula is C17H14O3. The number of rotatable bonds is 0. The third kappa shape index (κ3) is 1.59. The first-order chi connectivity index (χ1) is 9.72. The molecule has 2 heterocycles. The van der Waals surface area contributed by atoms with Gasteiger partial charge < -0.3 is 14.6 Å².